The fourth-order valence-electron chi connectivity index (χ4n) is 7.92. The first-order valence-corrected chi connectivity index (χ1v) is 19.5. The number of allylic oxidation sites excluding steroid dienone is 3. The van der Waals surface area contributed by atoms with Gasteiger partial charge in [-0.1, -0.05) is 11.6 Å². The monoisotopic (exact) mass is 1040 g/mol. The van der Waals surface area contributed by atoms with Crippen LogP contribution >= 0.6 is 23.2 Å². The van der Waals surface area contributed by atoms with Gasteiger partial charge in [-0.25, -0.2) is 92.8 Å². The average Bonchev–Trinajstić information content (AvgIpc) is 4.19. The molecule has 8 bridgehead atoms. The van der Waals surface area contributed by atoms with Crippen molar-refractivity contribution in [1.29, 1.82) is 0 Å². The van der Waals surface area contributed by atoms with Crippen molar-refractivity contribution in [3.63, 3.8) is 0 Å². The van der Waals surface area contributed by atoms with E-state index < -0.39 is 204 Å². The number of hydrogen-bond acceptors (Lipinski definition) is 2. The van der Waals surface area contributed by atoms with E-state index in [0.29, 0.717) is 48.6 Å². The predicted molar refractivity (Wildman–Crippen MR) is 205 cm³/mol. The van der Waals surface area contributed by atoms with Gasteiger partial charge < -0.3 is 9.97 Å². The third-order valence-electron chi connectivity index (χ3n) is 11.1. The maximum atomic E-state index is 16.1. The molecule has 2 atom stereocenters. The van der Waals surface area contributed by atoms with Crippen molar-refractivity contribution < 1.29 is 87.8 Å². The zero-order valence-corrected chi connectivity index (χ0v) is 34.3. The predicted octanol–water partition coefficient (Wildman–Crippen LogP) is 11.4. The molecule has 4 aromatic carbocycles. The number of nitrogens with one attached hydrogen (secondary N) is 2. The van der Waals surface area contributed by atoms with Gasteiger partial charge in [-0.3, -0.25) is 4.99 Å². The molecule has 3 aliphatic rings. The van der Waals surface area contributed by atoms with E-state index >= 15 is 52.7 Å². The Balaban J connectivity index is 1.55. The van der Waals surface area contributed by atoms with Crippen LogP contribution in [0, 0.1) is 116 Å². The zero-order valence-electron chi connectivity index (χ0n) is 32.8. The number of halogens is 22. The first-order chi connectivity index (χ1) is 32.8. The Labute approximate surface area is 383 Å². The summed E-state index contributed by atoms with van der Waals surface area (Å²) in [7, 11) is 0. The molecule has 0 spiro atoms. The summed E-state index contributed by atoms with van der Waals surface area (Å²) in [6, 6.07) is 2.17. The van der Waals surface area contributed by atoms with Gasteiger partial charge in [0.25, 0.3) is 0 Å². The highest BCUT2D eigenvalue weighted by Gasteiger charge is 2.58. The van der Waals surface area contributed by atoms with Gasteiger partial charge in [-0.05, 0) is 48.6 Å². The number of H-pyrrole nitrogens is 2. The van der Waals surface area contributed by atoms with E-state index in [9.17, 15) is 35.1 Å². The van der Waals surface area contributed by atoms with Crippen molar-refractivity contribution in [1.82, 2.24) is 9.97 Å². The Morgan fingerprint density at radius 1 is 0.371 bits per heavy atom. The number of aromatic nitrogens is 2. The quantitative estimate of drug-likeness (QED) is 0.0581. The molecule has 5 heterocycles. The second-order valence-corrected chi connectivity index (χ2v) is 16.0. The van der Waals surface area contributed by atoms with Gasteiger partial charge in [0, 0.05) is 38.8 Å². The minimum absolute atomic E-state index is 0.384. The Morgan fingerprint density at radius 3 is 1.17 bits per heavy atom. The fraction of sp³-hybridized carbons (Fsp3) is 0.0455. The molecule has 0 fully saturated rings. The van der Waals surface area contributed by atoms with Crippen LogP contribution < -0.4 is 10.7 Å². The van der Waals surface area contributed by atoms with Crippen molar-refractivity contribution in [2.45, 2.75) is 9.87 Å². The molecule has 70 heavy (non-hydrogen) atoms. The van der Waals surface area contributed by atoms with Crippen LogP contribution in [0.1, 0.15) is 33.6 Å². The van der Waals surface area contributed by atoms with E-state index in [1.165, 1.54) is 0 Å². The number of rotatable bonds is 4. The number of nitrogens with zero attached hydrogens (tertiary/aromatic N) is 2. The van der Waals surface area contributed by atoms with E-state index in [-0.39, 0.29) is 0 Å². The maximum Gasteiger partial charge on any atom is 0.200 e. The summed E-state index contributed by atoms with van der Waals surface area (Å²) >= 11 is 13.8. The van der Waals surface area contributed by atoms with Gasteiger partial charge in [0.15, 0.2) is 103 Å². The molecular weight excluding hydrogens is 1040 g/mol. The second-order valence-electron chi connectivity index (χ2n) is 14.9. The highest BCUT2D eigenvalue weighted by Crippen LogP contribution is 2.55. The summed E-state index contributed by atoms with van der Waals surface area (Å²) in [4.78, 5) is 4.92. The molecule has 0 amide bonds. The summed E-state index contributed by atoms with van der Waals surface area (Å²) < 4.78 is 305. The van der Waals surface area contributed by atoms with Crippen LogP contribution in [0.25, 0.3) is 16.7 Å². The average molecular weight is 1050 g/mol. The minimum Gasteiger partial charge on any atom is -0.356 e. The van der Waals surface area contributed by atoms with Crippen LogP contribution in [0.3, 0.4) is 0 Å². The van der Waals surface area contributed by atoms with Crippen molar-refractivity contribution in [2.75, 3.05) is 0 Å². The summed E-state index contributed by atoms with van der Waals surface area (Å²) in [5.41, 5.74) is -17.7. The van der Waals surface area contributed by atoms with E-state index in [1.807, 2.05) is 0 Å². The fourth-order valence-corrected chi connectivity index (χ4v) is 8.65. The van der Waals surface area contributed by atoms with Crippen molar-refractivity contribution in [3.8, 4) is 0 Å². The van der Waals surface area contributed by atoms with E-state index in [1.54, 1.807) is 0 Å². The van der Waals surface area contributed by atoms with Crippen LogP contribution in [0.4, 0.5) is 87.8 Å². The van der Waals surface area contributed by atoms with Crippen molar-refractivity contribution in [2.24, 2.45) is 9.98 Å². The molecule has 360 valence electrons. The van der Waals surface area contributed by atoms with Gasteiger partial charge in [-0.15, -0.1) is 11.6 Å². The molecule has 2 N–H and O–H groups in total. The molecule has 9 rings (SSSR count). The normalized spacial score (nSPS) is 18.8. The number of benzene rings is 4. The Bertz CT molecular complexity index is 3600. The summed E-state index contributed by atoms with van der Waals surface area (Å²) in [5.74, 6) is -54.0. The highest BCUT2D eigenvalue weighted by molar-refractivity contribution is 6.41. The van der Waals surface area contributed by atoms with Crippen LogP contribution in [-0.2, 0) is 4.87 Å². The number of aromatic amines is 2. The van der Waals surface area contributed by atoms with Gasteiger partial charge in [0.2, 0.25) is 23.3 Å². The smallest absolute Gasteiger partial charge is 0.200 e. The van der Waals surface area contributed by atoms with Gasteiger partial charge in [-0.2, -0.15) is 0 Å². The van der Waals surface area contributed by atoms with Gasteiger partial charge in [0.1, 0.15) is 0 Å². The molecule has 0 saturated heterocycles. The van der Waals surface area contributed by atoms with Gasteiger partial charge >= 0.3 is 0 Å². The summed E-state index contributed by atoms with van der Waals surface area (Å²) in [6.07, 6.45) is 1.96. The molecule has 26 heteroatoms. The van der Waals surface area contributed by atoms with E-state index in [0.717, 1.165) is 0 Å². The van der Waals surface area contributed by atoms with E-state index in [2.05, 4.69) is 20.0 Å². The molecule has 6 aromatic rings. The molecule has 4 nitrogen and oxygen atoms in total. The zero-order chi connectivity index (χ0) is 51.1. The Kier molecular flexibility index (Phi) is 11.1. The Morgan fingerprint density at radius 2 is 0.743 bits per heavy atom. The lowest BCUT2D eigenvalue weighted by Gasteiger charge is -2.37. The first kappa shape index (κ1) is 48.0. The summed E-state index contributed by atoms with van der Waals surface area (Å²) in [5, 5.41) is -2.03. The molecular formula is C44H10Cl2F20N4. The van der Waals surface area contributed by atoms with Crippen LogP contribution in [0.5, 0.6) is 0 Å². The minimum atomic E-state index is -3.77. The number of fused-ring (bicyclic) bond motifs is 6. The lowest BCUT2D eigenvalue weighted by molar-refractivity contribution is 0.356. The van der Waals surface area contributed by atoms with Crippen molar-refractivity contribution in [3.05, 3.63) is 215 Å². The number of aliphatic imine (C=N–C) groups is 2. The second kappa shape index (κ2) is 16.2. The summed E-state index contributed by atoms with van der Waals surface area (Å²) in [6.45, 7) is 0. The topological polar surface area (TPSA) is 56.3 Å². The maximum absolute atomic E-state index is 16.1. The molecule has 0 saturated carbocycles. The molecule has 0 radical (unpaired) electrons. The Hall–Kier alpha value is -7.08. The van der Waals surface area contributed by atoms with Crippen LogP contribution in [0.2, 0.25) is 0 Å². The lowest BCUT2D eigenvalue weighted by atomic mass is 9.86. The highest BCUT2D eigenvalue weighted by atomic mass is 35.5. The van der Waals surface area contributed by atoms with Crippen molar-refractivity contribution >= 4 is 51.3 Å². The largest absolute Gasteiger partial charge is 0.356 e. The third-order valence-corrected chi connectivity index (χ3v) is 12.4. The molecule has 2 aromatic heterocycles. The number of hydrogen-bond donors (Lipinski definition) is 2. The van der Waals surface area contributed by atoms with Crippen LogP contribution in [0.15, 0.2) is 64.3 Å². The lowest BCUT2D eigenvalue weighted by Crippen LogP contribution is -2.43. The number of alkyl halides is 2. The standard InChI is InChI=1S/C44H10Cl2F20N4/c45-43-8-7-14(70-43)18(21-27(51)35(59)41(65)36(60)28(21)52)12-4-3-10(68-12)16(19-23(47)31(55)39(63)32(56)24(19)48)9-1-2-11(67-9)17(20-25(49)33(57)40(64)34(58)26(20)50)13-5-6-15(69-13)44(43,46)22-29(53)37(61)42(66)38(62)30(22)54/h1-8,68-69H. The molecule has 3 aliphatic heterocycles. The third kappa shape index (κ3) is 6.47. The molecule has 0 aliphatic carbocycles. The van der Waals surface area contributed by atoms with Gasteiger partial charge in [0.05, 0.1) is 39.4 Å². The SMILES string of the molecule is Fc1c(F)c(F)c(C2=C3C=CC(=N3)C(c3c(F)c(F)c(F)c(F)c3F)=c3ccc([nH]3)=C(c3c(F)c(F)c(F)c(F)c3F)C3=NC(Cl)(C=C3)C(Cl)(c3c(F)c(F)c(F)c(F)c3F)c3ccc2[nH]3)c(F)c1F. The first-order valence-electron chi connectivity index (χ1n) is 18.7. The van der Waals surface area contributed by atoms with Crippen LogP contribution in [-0.4, -0.2) is 26.4 Å². The molecule has 2 unspecified atom stereocenters. The van der Waals surface area contributed by atoms with E-state index in [4.69, 9.17) is 23.2 Å².